The van der Waals surface area contributed by atoms with Crippen LogP contribution in [-0.2, 0) is 9.53 Å². The Balaban J connectivity index is 2.49. The summed E-state index contributed by atoms with van der Waals surface area (Å²) in [4.78, 5) is 30.3. The van der Waals surface area contributed by atoms with Crippen LogP contribution < -0.4 is 5.32 Å². The molecule has 1 aliphatic heterocycles. The van der Waals surface area contributed by atoms with Gasteiger partial charge in [0, 0.05) is 6.07 Å². The lowest BCUT2D eigenvalue weighted by atomic mass is 9.99. The molecular weight excluding hydrogens is 453 g/mol. The van der Waals surface area contributed by atoms with Crippen molar-refractivity contribution in [1.82, 2.24) is 0 Å². The van der Waals surface area contributed by atoms with E-state index in [4.69, 9.17) is 0 Å². The van der Waals surface area contributed by atoms with Crippen molar-refractivity contribution in [2.24, 2.45) is 0 Å². The number of ether oxygens (including phenoxy) is 1. The van der Waals surface area contributed by atoms with E-state index in [1.54, 1.807) is 0 Å². The zero-order chi connectivity index (χ0) is 23.5. The van der Waals surface area contributed by atoms with Gasteiger partial charge in [-0.3, -0.25) is 29.8 Å². The Kier molecular flexibility index (Phi) is 4.94. The van der Waals surface area contributed by atoms with Crippen molar-refractivity contribution in [3.8, 4) is 0 Å². The first-order valence-electron chi connectivity index (χ1n) is 6.98. The van der Waals surface area contributed by atoms with Crippen LogP contribution in [0.2, 0.25) is 0 Å². The summed E-state index contributed by atoms with van der Waals surface area (Å²) in [6.45, 7) is 0. The summed E-state index contributed by atoms with van der Waals surface area (Å²) in [6.07, 6.45) is -6.46. The first-order chi connectivity index (χ1) is 13.3. The summed E-state index contributed by atoms with van der Waals surface area (Å²) in [5.41, 5.74) is -3.84. The van der Waals surface area contributed by atoms with Crippen LogP contribution in [0.5, 0.6) is 0 Å². The number of non-ortho nitro benzene ring substituents is 1. The van der Waals surface area contributed by atoms with Gasteiger partial charge >= 0.3 is 35.6 Å². The van der Waals surface area contributed by atoms with Gasteiger partial charge in [0.25, 0.3) is 11.4 Å². The van der Waals surface area contributed by atoms with E-state index in [1.165, 1.54) is 0 Å². The second kappa shape index (κ2) is 6.41. The fraction of sp³-hybridized carbons (Fsp3) is 0.417. The minimum absolute atomic E-state index is 0.113. The highest BCUT2D eigenvalue weighted by Crippen LogP contribution is 2.64. The minimum atomic E-state index is -6.94. The molecule has 9 nitrogen and oxygen atoms in total. The highest BCUT2D eigenvalue weighted by molar-refractivity contribution is 5.99. The summed E-state index contributed by atoms with van der Waals surface area (Å²) in [7, 11) is 0. The van der Waals surface area contributed by atoms with Crippen LogP contribution in [0.3, 0.4) is 0 Å². The third kappa shape index (κ3) is 2.89. The van der Waals surface area contributed by atoms with Gasteiger partial charge in [-0.05, 0) is 6.07 Å². The Labute approximate surface area is 156 Å². The van der Waals surface area contributed by atoms with Crippen LogP contribution in [-0.4, -0.2) is 45.5 Å². The van der Waals surface area contributed by atoms with Crippen LogP contribution >= 0.6 is 0 Å². The maximum Gasteiger partial charge on any atom is 0.428 e. The lowest BCUT2D eigenvalue weighted by Crippen LogP contribution is -2.63. The lowest BCUT2D eigenvalue weighted by Gasteiger charge is -2.31. The molecule has 1 aliphatic rings. The molecule has 1 N–H and O–H groups in total. The Hall–Kier alpha value is -3.18. The number of nitrogens with one attached hydrogen (secondary N) is 1. The van der Waals surface area contributed by atoms with E-state index in [9.17, 15) is 64.5 Å². The van der Waals surface area contributed by atoms with Crippen LogP contribution in [0.15, 0.2) is 18.2 Å². The predicted octanol–water partition coefficient (Wildman–Crippen LogP) is 3.64. The van der Waals surface area contributed by atoms with E-state index in [0.717, 1.165) is 5.32 Å². The van der Waals surface area contributed by atoms with Crippen molar-refractivity contribution in [1.29, 1.82) is 0 Å². The van der Waals surface area contributed by atoms with Gasteiger partial charge in [-0.15, -0.1) is 0 Å². The summed E-state index contributed by atoms with van der Waals surface area (Å²) in [5, 5.41) is 22.2. The molecular formula is C12H4F9N3O6. The van der Waals surface area contributed by atoms with E-state index < -0.39 is 62.5 Å². The lowest BCUT2D eigenvalue weighted by molar-refractivity contribution is -0.393. The number of carbonyl (C=O) groups excluding carboxylic acids is 1. The molecule has 1 amide bonds. The topological polar surface area (TPSA) is 125 Å². The first kappa shape index (κ1) is 23.1. The molecule has 1 aromatic rings. The third-order valence-electron chi connectivity index (χ3n) is 3.76. The molecule has 1 saturated heterocycles. The maximum absolute atomic E-state index is 14.1. The standard InChI is InChI=1S/C12H4F9N3O6/c13-8(14,11(19)9(15,16)10(17,18)12(20,21)30-11)7(25)22-5-2-1-4(23(26)27)3-6(5)24(28)29/h1-3H,(H,22,25). The molecule has 1 unspecified atom stereocenters. The normalized spacial score (nSPS) is 24.3. The van der Waals surface area contributed by atoms with Gasteiger partial charge in [0.05, 0.1) is 15.9 Å². The zero-order valence-corrected chi connectivity index (χ0v) is 13.5. The second-order valence-electron chi connectivity index (χ2n) is 5.61. The molecule has 0 aromatic heterocycles. The van der Waals surface area contributed by atoms with Gasteiger partial charge in [-0.25, -0.2) is 0 Å². The molecule has 1 fully saturated rings. The number of hydrogen-bond donors (Lipinski definition) is 1. The molecule has 1 atom stereocenters. The number of hydrogen-bond acceptors (Lipinski definition) is 6. The molecule has 1 aromatic carbocycles. The van der Waals surface area contributed by atoms with Crippen LogP contribution in [0.1, 0.15) is 0 Å². The Morgan fingerprint density at radius 2 is 1.50 bits per heavy atom. The molecule has 1 heterocycles. The highest BCUT2D eigenvalue weighted by atomic mass is 19.4. The van der Waals surface area contributed by atoms with Gasteiger partial charge in [-0.2, -0.15) is 39.5 Å². The quantitative estimate of drug-likeness (QED) is 0.409. The van der Waals surface area contributed by atoms with Gasteiger partial charge in [0.2, 0.25) is 0 Å². The Morgan fingerprint density at radius 3 is 1.90 bits per heavy atom. The fourth-order valence-corrected chi connectivity index (χ4v) is 2.19. The number of carbonyl (C=O) groups is 1. The number of nitrogens with zero attached hydrogens (tertiary/aromatic N) is 2. The molecule has 166 valence electrons. The SMILES string of the molecule is O=C(Nc1ccc([N+](=O)[O-])cc1[N+](=O)[O-])C(F)(F)C1(F)OC(F)(F)C(F)(F)C1(F)F. The molecule has 0 saturated carbocycles. The molecule has 0 aliphatic carbocycles. The number of halogens is 9. The van der Waals surface area contributed by atoms with E-state index in [2.05, 4.69) is 4.74 Å². The molecule has 30 heavy (non-hydrogen) atoms. The summed E-state index contributed by atoms with van der Waals surface area (Å²) in [6, 6.07) is 0.753. The van der Waals surface area contributed by atoms with Crippen molar-refractivity contribution in [3.05, 3.63) is 38.4 Å². The molecule has 0 radical (unpaired) electrons. The number of nitro groups is 2. The molecule has 18 heteroatoms. The van der Waals surface area contributed by atoms with E-state index >= 15 is 0 Å². The number of anilines is 1. The predicted molar refractivity (Wildman–Crippen MR) is 73.1 cm³/mol. The van der Waals surface area contributed by atoms with Crippen LogP contribution in [0.25, 0.3) is 0 Å². The third-order valence-corrected chi connectivity index (χ3v) is 3.76. The largest absolute Gasteiger partial charge is 0.428 e. The minimum Gasteiger partial charge on any atom is -0.315 e. The van der Waals surface area contributed by atoms with E-state index in [-0.39, 0.29) is 12.1 Å². The smallest absolute Gasteiger partial charge is 0.315 e. The van der Waals surface area contributed by atoms with Crippen molar-refractivity contribution >= 4 is 23.0 Å². The number of alkyl halides is 9. The monoisotopic (exact) mass is 457 g/mol. The summed E-state index contributed by atoms with van der Waals surface area (Å²) in [5.74, 6) is -30.1. The first-order valence-corrected chi connectivity index (χ1v) is 6.98. The molecule has 2 rings (SSSR count). The van der Waals surface area contributed by atoms with Gasteiger partial charge in [-0.1, -0.05) is 0 Å². The van der Waals surface area contributed by atoms with Crippen molar-refractivity contribution in [2.75, 3.05) is 5.32 Å². The van der Waals surface area contributed by atoms with Gasteiger partial charge < -0.3 is 5.32 Å². The highest BCUT2D eigenvalue weighted by Gasteiger charge is 2.96. The second-order valence-corrected chi connectivity index (χ2v) is 5.61. The van der Waals surface area contributed by atoms with Crippen LogP contribution in [0.4, 0.5) is 56.6 Å². The van der Waals surface area contributed by atoms with E-state index in [1.807, 2.05) is 0 Å². The fourth-order valence-electron chi connectivity index (χ4n) is 2.19. The molecule has 0 spiro atoms. The average Bonchev–Trinajstić information content (AvgIpc) is 2.69. The van der Waals surface area contributed by atoms with Crippen LogP contribution in [0, 0.1) is 20.2 Å². The number of benzene rings is 1. The molecule has 0 bridgehead atoms. The summed E-state index contributed by atoms with van der Waals surface area (Å²) >= 11 is 0. The zero-order valence-electron chi connectivity index (χ0n) is 13.5. The van der Waals surface area contributed by atoms with Gasteiger partial charge in [0.15, 0.2) is 0 Å². The van der Waals surface area contributed by atoms with Gasteiger partial charge in [0.1, 0.15) is 5.69 Å². The number of rotatable bonds is 5. The van der Waals surface area contributed by atoms with E-state index in [0.29, 0.717) is 6.07 Å². The summed E-state index contributed by atoms with van der Waals surface area (Å²) < 4.78 is 123. The Bertz CT molecular complexity index is 940. The van der Waals surface area contributed by atoms with Crippen molar-refractivity contribution < 1.29 is 58.9 Å². The number of nitro benzene ring substituents is 2. The Morgan fingerprint density at radius 1 is 0.967 bits per heavy atom. The van der Waals surface area contributed by atoms with Crippen molar-refractivity contribution in [2.45, 2.75) is 29.7 Å². The van der Waals surface area contributed by atoms with Crippen molar-refractivity contribution in [3.63, 3.8) is 0 Å². The average molecular weight is 457 g/mol. The maximum atomic E-state index is 14.1. The number of amides is 1.